The van der Waals surface area contributed by atoms with Crippen LogP contribution in [0.4, 0.5) is 0 Å². The van der Waals surface area contributed by atoms with Gasteiger partial charge in [0.2, 0.25) is 0 Å². The molecule has 0 atom stereocenters. The first-order valence-corrected chi connectivity index (χ1v) is 7.01. The average molecular weight is 267 g/mol. The van der Waals surface area contributed by atoms with Gasteiger partial charge in [-0.15, -0.1) is 0 Å². The zero-order valence-corrected chi connectivity index (χ0v) is 11.6. The summed E-state index contributed by atoms with van der Waals surface area (Å²) in [5, 5.41) is 30.1. The number of rotatable bonds is 9. The van der Waals surface area contributed by atoms with E-state index >= 15 is 0 Å². The largest absolute Gasteiger partial charge is 0.508 e. The molecule has 0 bridgehead atoms. The lowest BCUT2D eigenvalue weighted by Crippen LogP contribution is -2.25. The zero-order valence-electron chi connectivity index (χ0n) is 11.6. The minimum atomic E-state index is -1.36. The zero-order chi connectivity index (χ0) is 14.1. The molecule has 0 aliphatic carbocycles. The van der Waals surface area contributed by atoms with Gasteiger partial charge in [0.05, 0.1) is 0 Å². The van der Waals surface area contributed by atoms with Gasteiger partial charge in [-0.05, 0) is 24.5 Å². The predicted molar refractivity (Wildman–Crippen MR) is 75.9 cm³/mol. The maximum absolute atomic E-state index is 9.74. The molecule has 1 aromatic rings. The number of phenolic OH excluding ortho intramolecular Hbond substituents is 1. The van der Waals surface area contributed by atoms with Gasteiger partial charge in [-0.1, -0.05) is 38.3 Å². The predicted octanol–water partition coefficient (Wildman–Crippen LogP) is 1.92. The van der Waals surface area contributed by atoms with E-state index < -0.39 is 6.29 Å². The maximum Gasteiger partial charge on any atom is 0.164 e. The fourth-order valence-electron chi connectivity index (χ4n) is 2.03. The molecule has 0 aliphatic rings. The summed E-state index contributed by atoms with van der Waals surface area (Å²) in [6, 6.07) is 5.64. The smallest absolute Gasteiger partial charge is 0.164 e. The lowest BCUT2D eigenvalue weighted by molar-refractivity contribution is -0.0374. The van der Waals surface area contributed by atoms with E-state index in [1.807, 2.05) is 12.1 Å². The molecule has 4 heteroatoms. The summed E-state index contributed by atoms with van der Waals surface area (Å²) in [6.07, 6.45) is 4.56. The molecule has 0 saturated heterocycles. The van der Waals surface area contributed by atoms with Crippen molar-refractivity contribution in [3.8, 4) is 5.75 Å². The standard InChI is InChI=1S/C15H25NO3/c1-2-3-4-5-6-12-7-8-14(17)13(9-12)10-16-11-15(18)19/h7-9,15-19H,2-6,10-11H2,1H3. The van der Waals surface area contributed by atoms with Crippen molar-refractivity contribution in [2.24, 2.45) is 0 Å². The van der Waals surface area contributed by atoms with E-state index in [1.165, 1.54) is 31.2 Å². The fourth-order valence-corrected chi connectivity index (χ4v) is 2.03. The van der Waals surface area contributed by atoms with Gasteiger partial charge in [0.25, 0.3) is 0 Å². The van der Waals surface area contributed by atoms with E-state index in [0.29, 0.717) is 6.54 Å². The van der Waals surface area contributed by atoms with Crippen molar-refractivity contribution in [3.05, 3.63) is 29.3 Å². The van der Waals surface area contributed by atoms with Crippen LogP contribution in [0.1, 0.15) is 43.7 Å². The van der Waals surface area contributed by atoms with Gasteiger partial charge in [0.1, 0.15) is 5.75 Å². The van der Waals surface area contributed by atoms with E-state index in [0.717, 1.165) is 12.0 Å². The van der Waals surface area contributed by atoms with Crippen molar-refractivity contribution in [3.63, 3.8) is 0 Å². The molecule has 0 unspecified atom stereocenters. The van der Waals surface area contributed by atoms with E-state index in [2.05, 4.69) is 12.2 Å². The fraction of sp³-hybridized carbons (Fsp3) is 0.600. The van der Waals surface area contributed by atoms with Gasteiger partial charge in [-0.25, -0.2) is 0 Å². The molecule has 0 amide bonds. The minimum absolute atomic E-state index is 0.0974. The van der Waals surface area contributed by atoms with Crippen molar-refractivity contribution in [1.82, 2.24) is 5.32 Å². The number of unbranched alkanes of at least 4 members (excludes halogenated alkanes) is 3. The second-order valence-electron chi connectivity index (χ2n) is 4.89. The first-order chi connectivity index (χ1) is 9.13. The molecule has 4 nitrogen and oxygen atoms in total. The molecular weight excluding hydrogens is 242 g/mol. The second-order valence-corrected chi connectivity index (χ2v) is 4.89. The number of hydrogen-bond acceptors (Lipinski definition) is 4. The van der Waals surface area contributed by atoms with E-state index in [-0.39, 0.29) is 12.3 Å². The van der Waals surface area contributed by atoms with Crippen molar-refractivity contribution < 1.29 is 15.3 Å². The summed E-state index contributed by atoms with van der Waals surface area (Å²) in [5.41, 5.74) is 2.02. The third kappa shape index (κ3) is 6.57. The molecule has 108 valence electrons. The lowest BCUT2D eigenvalue weighted by Gasteiger charge is -2.10. The molecule has 0 aromatic heterocycles. The number of aryl methyl sites for hydroxylation is 1. The van der Waals surface area contributed by atoms with Crippen LogP contribution in [0.25, 0.3) is 0 Å². The van der Waals surface area contributed by atoms with Crippen molar-refractivity contribution >= 4 is 0 Å². The van der Waals surface area contributed by atoms with Gasteiger partial charge in [0.15, 0.2) is 6.29 Å². The minimum Gasteiger partial charge on any atom is -0.508 e. The molecule has 1 rings (SSSR count). The quantitative estimate of drug-likeness (QED) is 0.407. The Morgan fingerprint density at radius 1 is 1.16 bits per heavy atom. The molecule has 0 aliphatic heterocycles. The lowest BCUT2D eigenvalue weighted by atomic mass is 10.0. The monoisotopic (exact) mass is 267 g/mol. The second kappa shape index (κ2) is 8.91. The summed E-state index contributed by atoms with van der Waals surface area (Å²) >= 11 is 0. The summed E-state index contributed by atoms with van der Waals surface area (Å²) in [4.78, 5) is 0. The number of aliphatic hydroxyl groups excluding tert-OH is 1. The average Bonchev–Trinajstić information content (AvgIpc) is 2.37. The normalized spacial score (nSPS) is 11.2. The third-order valence-electron chi connectivity index (χ3n) is 3.11. The summed E-state index contributed by atoms with van der Waals surface area (Å²) in [7, 11) is 0. The van der Waals surface area contributed by atoms with Crippen LogP contribution in [-0.4, -0.2) is 28.2 Å². The van der Waals surface area contributed by atoms with Crippen LogP contribution in [-0.2, 0) is 13.0 Å². The first kappa shape index (κ1) is 16.0. The number of aromatic hydroxyl groups is 1. The molecule has 4 N–H and O–H groups in total. The van der Waals surface area contributed by atoms with E-state index in [4.69, 9.17) is 10.2 Å². The van der Waals surface area contributed by atoms with Crippen LogP contribution in [0.5, 0.6) is 5.75 Å². The number of nitrogens with one attached hydrogen (secondary N) is 1. The van der Waals surface area contributed by atoms with Gasteiger partial charge in [-0.2, -0.15) is 0 Å². The van der Waals surface area contributed by atoms with E-state index in [1.54, 1.807) is 6.07 Å². The number of phenols is 1. The molecule has 0 fully saturated rings. The van der Waals surface area contributed by atoms with Gasteiger partial charge < -0.3 is 20.6 Å². The number of benzene rings is 1. The van der Waals surface area contributed by atoms with Crippen LogP contribution in [0.2, 0.25) is 0 Å². The highest BCUT2D eigenvalue weighted by atomic mass is 16.5. The Bertz CT molecular complexity index is 366. The van der Waals surface area contributed by atoms with Crippen LogP contribution >= 0.6 is 0 Å². The highest BCUT2D eigenvalue weighted by Crippen LogP contribution is 2.19. The molecule has 0 radical (unpaired) electrons. The Morgan fingerprint density at radius 2 is 1.95 bits per heavy atom. The SMILES string of the molecule is CCCCCCc1ccc(O)c(CNCC(O)O)c1. The maximum atomic E-state index is 9.74. The van der Waals surface area contributed by atoms with Crippen molar-refractivity contribution in [2.75, 3.05) is 6.54 Å². The third-order valence-corrected chi connectivity index (χ3v) is 3.11. The molecule has 0 spiro atoms. The molecule has 0 saturated carbocycles. The van der Waals surface area contributed by atoms with Gasteiger partial charge >= 0.3 is 0 Å². The Kier molecular flexibility index (Phi) is 7.48. The van der Waals surface area contributed by atoms with Gasteiger partial charge in [-0.3, -0.25) is 0 Å². The van der Waals surface area contributed by atoms with Crippen molar-refractivity contribution in [2.45, 2.75) is 51.9 Å². The Balaban J connectivity index is 2.46. The molecule has 19 heavy (non-hydrogen) atoms. The highest BCUT2D eigenvalue weighted by molar-refractivity contribution is 5.36. The van der Waals surface area contributed by atoms with E-state index in [9.17, 15) is 5.11 Å². The number of hydrogen-bond donors (Lipinski definition) is 4. The van der Waals surface area contributed by atoms with Gasteiger partial charge in [0, 0.05) is 18.7 Å². The molecule has 1 aromatic carbocycles. The van der Waals surface area contributed by atoms with Crippen molar-refractivity contribution in [1.29, 1.82) is 0 Å². The first-order valence-electron chi connectivity index (χ1n) is 7.01. The highest BCUT2D eigenvalue weighted by Gasteiger charge is 2.04. The van der Waals surface area contributed by atoms with Crippen LogP contribution in [0.15, 0.2) is 18.2 Å². The summed E-state index contributed by atoms with van der Waals surface area (Å²) < 4.78 is 0. The Labute approximate surface area is 115 Å². The Morgan fingerprint density at radius 3 is 2.63 bits per heavy atom. The molecule has 0 heterocycles. The van der Waals surface area contributed by atoms with Crippen LogP contribution in [0, 0.1) is 0 Å². The van der Waals surface area contributed by atoms with Crippen LogP contribution < -0.4 is 5.32 Å². The summed E-state index contributed by atoms with van der Waals surface area (Å²) in [6.45, 7) is 2.73. The number of aliphatic hydroxyl groups is 2. The Hall–Kier alpha value is -1.10. The molecular formula is C15H25NO3. The summed E-state index contributed by atoms with van der Waals surface area (Å²) in [5.74, 6) is 0.247. The van der Waals surface area contributed by atoms with Crippen LogP contribution in [0.3, 0.4) is 0 Å². The topological polar surface area (TPSA) is 72.7 Å².